The van der Waals surface area contributed by atoms with Gasteiger partial charge in [0.15, 0.2) is 9.84 Å². The van der Waals surface area contributed by atoms with Crippen LogP contribution in [-0.4, -0.2) is 61.6 Å². The summed E-state index contributed by atoms with van der Waals surface area (Å²) in [6, 6.07) is 6.15. The molecule has 1 N–H and O–H groups in total. The molecule has 2 amide bonds. The summed E-state index contributed by atoms with van der Waals surface area (Å²) in [7, 11) is -3.87. The van der Waals surface area contributed by atoms with Crippen LogP contribution in [0.3, 0.4) is 0 Å². The smallest absolute Gasteiger partial charge is 0.244 e. The quantitative estimate of drug-likeness (QED) is 0.695. The molecule has 2 heterocycles. The highest BCUT2D eigenvalue weighted by molar-refractivity contribution is 7.92. The number of rotatable bonds is 5. The van der Waals surface area contributed by atoms with Crippen molar-refractivity contribution in [3.63, 3.8) is 0 Å². The maximum atomic E-state index is 13.4. The van der Waals surface area contributed by atoms with Crippen LogP contribution < -0.4 is 10.2 Å². The second-order valence-corrected chi connectivity index (χ2v) is 11.5. The number of hydrogen-bond donors (Lipinski definition) is 1. The average molecular weight is 479 g/mol. The highest BCUT2D eigenvalue weighted by atomic mass is 35.5. The van der Waals surface area contributed by atoms with Gasteiger partial charge >= 0.3 is 0 Å². The third-order valence-corrected chi connectivity index (χ3v) is 9.29. The van der Waals surface area contributed by atoms with Gasteiger partial charge in [0, 0.05) is 32.2 Å². The topological polar surface area (TPSA) is 111 Å². The Bertz CT molecular complexity index is 1070. The van der Waals surface area contributed by atoms with Gasteiger partial charge in [0.25, 0.3) is 0 Å². The zero-order chi connectivity index (χ0) is 23.1. The number of anilines is 1. The maximum absolute atomic E-state index is 13.4. The molecule has 2 aliphatic heterocycles. The van der Waals surface area contributed by atoms with Crippen molar-refractivity contribution in [1.29, 1.82) is 5.26 Å². The molecule has 2 atom stereocenters. The predicted octanol–water partition coefficient (Wildman–Crippen LogP) is 2.27. The highest BCUT2D eigenvalue weighted by Gasteiger charge is 2.50. The van der Waals surface area contributed by atoms with E-state index in [1.807, 2.05) is 0 Å². The lowest BCUT2D eigenvalue weighted by atomic mass is 10.1. The number of likely N-dealkylation sites (tertiary alicyclic amines) is 1. The lowest BCUT2D eigenvalue weighted by Gasteiger charge is -2.29. The number of piperidine rings is 1. The summed E-state index contributed by atoms with van der Waals surface area (Å²) in [6.45, 7) is 3.06. The van der Waals surface area contributed by atoms with Crippen LogP contribution in [-0.2, 0) is 19.4 Å². The van der Waals surface area contributed by atoms with Crippen LogP contribution in [0.1, 0.15) is 45.4 Å². The first-order valence-electron chi connectivity index (χ1n) is 11.0. The number of nitrogens with zero attached hydrogens (tertiary/aromatic N) is 3. The summed E-state index contributed by atoms with van der Waals surface area (Å²) < 4.78 is 26.8. The van der Waals surface area contributed by atoms with E-state index in [4.69, 9.17) is 11.6 Å². The predicted molar refractivity (Wildman–Crippen MR) is 120 cm³/mol. The van der Waals surface area contributed by atoms with E-state index in [1.54, 1.807) is 12.1 Å². The van der Waals surface area contributed by atoms with Crippen molar-refractivity contribution in [2.24, 2.45) is 0 Å². The molecule has 3 aliphatic rings. The van der Waals surface area contributed by atoms with Crippen molar-refractivity contribution in [1.82, 2.24) is 10.2 Å². The maximum Gasteiger partial charge on any atom is 0.244 e. The molecule has 1 aromatic rings. The minimum absolute atomic E-state index is 0.0187. The van der Waals surface area contributed by atoms with Crippen molar-refractivity contribution in [3.05, 3.63) is 23.2 Å². The van der Waals surface area contributed by atoms with Crippen LogP contribution in [0.2, 0.25) is 5.02 Å². The zero-order valence-electron chi connectivity index (χ0n) is 18.0. The van der Waals surface area contributed by atoms with E-state index in [1.165, 1.54) is 24.3 Å². The van der Waals surface area contributed by atoms with Crippen molar-refractivity contribution < 1.29 is 18.0 Å². The van der Waals surface area contributed by atoms with Gasteiger partial charge in [-0.3, -0.25) is 9.59 Å². The third kappa shape index (κ3) is 4.30. The van der Waals surface area contributed by atoms with Crippen molar-refractivity contribution in [3.8, 4) is 6.07 Å². The number of nitrogens with one attached hydrogen (secondary N) is 1. The fraction of sp³-hybridized carbons (Fsp3) is 0.591. The molecule has 1 aliphatic carbocycles. The van der Waals surface area contributed by atoms with Crippen LogP contribution >= 0.6 is 11.6 Å². The second-order valence-electron chi connectivity index (χ2n) is 8.94. The van der Waals surface area contributed by atoms with Gasteiger partial charge in [-0.15, -0.1) is 0 Å². The van der Waals surface area contributed by atoms with Gasteiger partial charge in [-0.25, -0.2) is 8.42 Å². The second kappa shape index (κ2) is 8.56. The molecule has 1 saturated carbocycles. The molecule has 172 valence electrons. The fourth-order valence-electron chi connectivity index (χ4n) is 4.58. The molecule has 8 nitrogen and oxygen atoms in total. The van der Waals surface area contributed by atoms with E-state index in [0.29, 0.717) is 12.8 Å². The van der Waals surface area contributed by atoms with Crippen LogP contribution in [0.15, 0.2) is 23.1 Å². The fourth-order valence-corrected chi connectivity index (χ4v) is 6.81. The first kappa shape index (κ1) is 22.9. The molecule has 0 radical (unpaired) electrons. The monoisotopic (exact) mass is 478 g/mol. The molecule has 10 heteroatoms. The summed E-state index contributed by atoms with van der Waals surface area (Å²) in [5.41, 5.74) is 0.0123. The van der Waals surface area contributed by atoms with Gasteiger partial charge in [-0.2, -0.15) is 5.26 Å². The first-order valence-corrected chi connectivity index (χ1v) is 12.9. The molecule has 0 aromatic heterocycles. The summed E-state index contributed by atoms with van der Waals surface area (Å²) in [4.78, 5) is 28.4. The lowest BCUT2D eigenvalue weighted by Crippen LogP contribution is -2.48. The minimum atomic E-state index is -3.87. The Morgan fingerprint density at radius 3 is 2.47 bits per heavy atom. The van der Waals surface area contributed by atoms with E-state index in [-0.39, 0.29) is 28.8 Å². The zero-order valence-corrected chi connectivity index (χ0v) is 19.6. The summed E-state index contributed by atoms with van der Waals surface area (Å²) in [5, 5.41) is 11.1. The molecule has 0 bridgehead atoms. The lowest BCUT2D eigenvalue weighted by molar-refractivity contribution is -0.137. The van der Waals surface area contributed by atoms with E-state index < -0.39 is 32.6 Å². The standard InChI is InChI=1S/C22H27ClN4O4S/c1-15(28)27-13-17(12-19(27)21(29)25-22(14-24)7-8-22)32(30,31)20-6-5-16(11-18(20)23)26-9-3-2-4-10-26/h5-6,11,17,19H,2-4,7-10,12-13H2,1H3,(H,25,29)/t17-,19+/m1/s1. The average Bonchev–Trinajstić information content (AvgIpc) is 3.38. The number of carbonyl (C=O) groups excluding carboxylic acids is 2. The minimum Gasteiger partial charge on any atom is -0.371 e. The molecule has 2 saturated heterocycles. The molecule has 0 unspecified atom stereocenters. The Kier molecular flexibility index (Phi) is 6.12. The van der Waals surface area contributed by atoms with Crippen molar-refractivity contribution in [2.75, 3.05) is 24.5 Å². The Balaban J connectivity index is 1.55. The van der Waals surface area contributed by atoms with E-state index >= 15 is 0 Å². The summed E-state index contributed by atoms with van der Waals surface area (Å²) in [5.74, 6) is -0.861. The number of halogens is 1. The third-order valence-electron chi connectivity index (χ3n) is 6.68. The SMILES string of the molecule is CC(=O)N1C[C@H](S(=O)(=O)c2ccc(N3CCCCC3)cc2Cl)C[C@H]1C(=O)NC1(C#N)CC1. The van der Waals surface area contributed by atoms with Crippen LogP contribution in [0.4, 0.5) is 5.69 Å². The van der Waals surface area contributed by atoms with Gasteiger partial charge in [0.1, 0.15) is 11.6 Å². The Morgan fingerprint density at radius 2 is 1.91 bits per heavy atom. The largest absolute Gasteiger partial charge is 0.371 e. The van der Waals surface area contributed by atoms with E-state index in [2.05, 4.69) is 16.3 Å². The van der Waals surface area contributed by atoms with Crippen molar-refractivity contribution >= 4 is 38.9 Å². The number of hydrogen-bond acceptors (Lipinski definition) is 6. The van der Waals surface area contributed by atoms with Gasteiger partial charge < -0.3 is 15.1 Å². The Morgan fingerprint density at radius 1 is 1.22 bits per heavy atom. The molecular weight excluding hydrogens is 452 g/mol. The Hall–Kier alpha value is -2.31. The Labute approximate surface area is 193 Å². The molecule has 32 heavy (non-hydrogen) atoms. The number of sulfone groups is 1. The first-order chi connectivity index (χ1) is 15.2. The van der Waals surface area contributed by atoms with Crippen LogP contribution in [0.5, 0.6) is 0 Å². The van der Waals surface area contributed by atoms with Gasteiger partial charge in [0.05, 0.1) is 21.2 Å². The highest BCUT2D eigenvalue weighted by Crippen LogP contribution is 2.37. The normalized spacial score (nSPS) is 24.7. The van der Waals surface area contributed by atoms with Gasteiger partial charge in [0.2, 0.25) is 11.8 Å². The molecule has 0 spiro atoms. The number of benzene rings is 1. The summed E-state index contributed by atoms with van der Waals surface area (Å²) >= 11 is 6.42. The van der Waals surface area contributed by atoms with Gasteiger partial charge in [-0.05, 0) is 56.7 Å². The van der Waals surface area contributed by atoms with E-state index in [0.717, 1.165) is 31.6 Å². The van der Waals surface area contributed by atoms with Crippen molar-refractivity contribution in [2.45, 2.75) is 67.2 Å². The number of amides is 2. The molecule has 1 aromatic carbocycles. The number of carbonyl (C=O) groups is 2. The summed E-state index contributed by atoms with van der Waals surface area (Å²) in [6.07, 6.45) is 4.47. The van der Waals surface area contributed by atoms with Crippen LogP contribution in [0, 0.1) is 11.3 Å². The molecular formula is C22H27ClN4O4S. The molecule has 3 fully saturated rings. The van der Waals surface area contributed by atoms with E-state index in [9.17, 15) is 23.3 Å². The number of nitriles is 1. The van der Waals surface area contributed by atoms with Crippen LogP contribution in [0.25, 0.3) is 0 Å². The molecule has 4 rings (SSSR count). The van der Waals surface area contributed by atoms with Gasteiger partial charge in [-0.1, -0.05) is 11.6 Å².